The average Bonchev–Trinajstić information content (AvgIpc) is 2.45. The number of nitrogens with zero attached hydrogens (tertiary/aromatic N) is 1. The van der Waals surface area contributed by atoms with Gasteiger partial charge in [0.05, 0.1) is 0 Å². The first-order chi connectivity index (χ1) is 11.6. The fourth-order valence-corrected chi connectivity index (χ4v) is 3.44. The summed E-state index contributed by atoms with van der Waals surface area (Å²) in [6.07, 6.45) is 0.569. The molecule has 1 aliphatic heterocycles. The fraction of sp³-hybridized carbons (Fsp3) is 0.650. The van der Waals surface area contributed by atoms with Crippen LogP contribution >= 0.6 is 0 Å². The molecule has 1 N–H and O–H groups in total. The van der Waals surface area contributed by atoms with Crippen molar-refractivity contribution in [2.24, 2.45) is 0 Å². The number of carbonyl (C=O) groups is 1. The molecule has 1 amide bonds. The first-order valence-corrected chi connectivity index (χ1v) is 9.07. The second-order valence-corrected chi connectivity index (χ2v) is 8.25. The number of benzene rings is 1. The Bertz CT molecular complexity index is 610. The van der Waals surface area contributed by atoms with Crippen LogP contribution in [0.25, 0.3) is 0 Å². The molecule has 4 nitrogen and oxygen atoms in total. The van der Waals surface area contributed by atoms with Crippen molar-refractivity contribution in [1.82, 2.24) is 10.2 Å². The Labute approximate surface area is 150 Å². The van der Waals surface area contributed by atoms with Gasteiger partial charge in [-0.05, 0) is 57.4 Å². The summed E-state index contributed by atoms with van der Waals surface area (Å²) in [6.45, 7) is 13.0. The van der Waals surface area contributed by atoms with Crippen molar-refractivity contribution in [3.63, 3.8) is 0 Å². The van der Waals surface area contributed by atoms with Crippen LogP contribution in [-0.2, 0) is 4.74 Å². The highest BCUT2D eigenvalue weighted by molar-refractivity contribution is 5.68. The molecule has 1 saturated heterocycles. The smallest absolute Gasteiger partial charge is 0.410 e. The molecule has 0 saturated carbocycles. The Balaban J connectivity index is 2.24. The Morgan fingerprint density at radius 3 is 2.60 bits per heavy atom. The normalized spacial score (nSPS) is 21.5. The topological polar surface area (TPSA) is 41.6 Å². The zero-order chi connectivity index (χ0) is 18.8. The van der Waals surface area contributed by atoms with Gasteiger partial charge < -0.3 is 15.0 Å². The zero-order valence-electron chi connectivity index (χ0n) is 16.2. The van der Waals surface area contributed by atoms with Crippen LogP contribution < -0.4 is 5.32 Å². The van der Waals surface area contributed by atoms with E-state index in [4.69, 9.17) is 4.74 Å². The van der Waals surface area contributed by atoms with Gasteiger partial charge in [-0.15, -0.1) is 0 Å². The van der Waals surface area contributed by atoms with Gasteiger partial charge in [0.25, 0.3) is 0 Å². The quantitative estimate of drug-likeness (QED) is 0.887. The molecule has 1 aromatic rings. The minimum Gasteiger partial charge on any atom is -0.444 e. The van der Waals surface area contributed by atoms with Crippen molar-refractivity contribution < 1.29 is 13.9 Å². The zero-order valence-corrected chi connectivity index (χ0v) is 16.2. The van der Waals surface area contributed by atoms with Gasteiger partial charge in [-0.1, -0.05) is 19.9 Å². The number of nitrogens with one attached hydrogen (secondary N) is 1. The molecule has 1 heterocycles. The van der Waals surface area contributed by atoms with Crippen LogP contribution in [0.3, 0.4) is 0 Å². The lowest BCUT2D eigenvalue weighted by Crippen LogP contribution is -2.52. The Kier molecular flexibility index (Phi) is 6.09. The molecule has 0 spiro atoms. The van der Waals surface area contributed by atoms with E-state index in [1.165, 1.54) is 6.07 Å². The molecule has 2 atom stereocenters. The summed E-state index contributed by atoms with van der Waals surface area (Å²) in [5, 5.41) is 3.61. The summed E-state index contributed by atoms with van der Waals surface area (Å²) >= 11 is 0. The molecular weight excluding hydrogens is 319 g/mol. The van der Waals surface area contributed by atoms with Gasteiger partial charge >= 0.3 is 6.09 Å². The van der Waals surface area contributed by atoms with Crippen LogP contribution in [0.15, 0.2) is 18.2 Å². The molecule has 0 aliphatic carbocycles. The maximum absolute atomic E-state index is 13.5. The fourth-order valence-electron chi connectivity index (χ4n) is 3.44. The molecule has 0 bridgehead atoms. The predicted octanol–water partition coefficient (Wildman–Crippen LogP) is 4.23. The number of carbonyl (C=O) groups excluding carboxylic acids is 1. The van der Waals surface area contributed by atoms with Crippen molar-refractivity contribution in [1.29, 1.82) is 0 Å². The first kappa shape index (κ1) is 19.7. The molecule has 1 aromatic carbocycles. The summed E-state index contributed by atoms with van der Waals surface area (Å²) in [4.78, 5) is 14.3. The number of hydrogen-bond acceptors (Lipinski definition) is 3. The molecule has 25 heavy (non-hydrogen) atoms. The predicted molar refractivity (Wildman–Crippen MR) is 98.4 cm³/mol. The van der Waals surface area contributed by atoms with Crippen LogP contribution in [0.1, 0.15) is 58.1 Å². The molecule has 0 aromatic heterocycles. The van der Waals surface area contributed by atoms with Crippen molar-refractivity contribution in [3.05, 3.63) is 35.1 Å². The van der Waals surface area contributed by atoms with Gasteiger partial charge in [-0.2, -0.15) is 0 Å². The lowest BCUT2D eigenvalue weighted by atomic mass is 9.83. The summed E-state index contributed by atoms with van der Waals surface area (Å²) in [7, 11) is 0. The maximum atomic E-state index is 13.5. The minimum absolute atomic E-state index is 0.115. The number of ether oxygens (including phenoxy) is 1. The molecule has 140 valence electrons. The summed E-state index contributed by atoms with van der Waals surface area (Å²) < 4.78 is 19.0. The molecular formula is C20H31FN2O2. The van der Waals surface area contributed by atoms with Crippen LogP contribution in [-0.4, -0.2) is 41.8 Å². The van der Waals surface area contributed by atoms with Crippen LogP contribution in [0, 0.1) is 12.7 Å². The van der Waals surface area contributed by atoms with Crippen molar-refractivity contribution in [2.45, 2.75) is 71.6 Å². The third kappa shape index (κ3) is 5.43. The highest BCUT2D eigenvalue weighted by Crippen LogP contribution is 2.31. The van der Waals surface area contributed by atoms with Crippen LogP contribution in [0.5, 0.6) is 0 Å². The van der Waals surface area contributed by atoms with Crippen molar-refractivity contribution in [2.75, 3.05) is 13.1 Å². The van der Waals surface area contributed by atoms with Gasteiger partial charge in [0.1, 0.15) is 11.4 Å². The summed E-state index contributed by atoms with van der Waals surface area (Å²) in [5.74, 6) is -0.112. The molecule has 1 fully saturated rings. The number of amides is 1. The highest BCUT2D eigenvalue weighted by Gasteiger charge is 2.35. The van der Waals surface area contributed by atoms with E-state index in [-0.39, 0.29) is 23.9 Å². The SMILES string of the molecule is Cc1cc(F)ccc1[C@H]1CN(C(=O)OC(C)(C)C)CC[C@@H]1NC(C)C. The number of likely N-dealkylation sites (tertiary alicyclic amines) is 1. The second kappa shape index (κ2) is 7.73. The lowest BCUT2D eigenvalue weighted by Gasteiger charge is -2.41. The van der Waals surface area contributed by atoms with E-state index in [0.717, 1.165) is 17.5 Å². The minimum atomic E-state index is -0.509. The van der Waals surface area contributed by atoms with E-state index in [2.05, 4.69) is 19.2 Å². The van der Waals surface area contributed by atoms with E-state index in [1.54, 1.807) is 11.0 Å². The molecule has 1 aliphatic rings. The largest absolute Gasteiger partial charge is 0.444 e. The van der Waals surface area contributed by atoms with Crippen molar-refractivity contribution >= 4 is 6.09 Å². The van der Waals surface area contributed by atoms with Crippen LogP contribution in [0.2, 0.25) is 0 Å². The van der Waals surface area contributed by atoms with E-state index >= 15 is 0 Å². The van der Waals surface area contributed by atoms with Crippen LogP contribution in [0.4, 0.5) is 9.18 Å². The van der Waals surface area contributed by atoms with Gasteiger partial charge in [-0.25, -0.2) is 9.18 Å². The Morgan fingerprint density at radius 1 is 1.36 bits per heavy atom. The Morgan fingerprint density at radius 2 is 2.04 bits per heavy atom. The molecule has 5 heteroatoms. The number of halogens is 1. The van der Waals surface area contributed by atoms with E-state index in [0.29, 0.717) is 19.1 Å². The standard InChI is InChI=1S/C20H31FN2O2/c1-13(2)22-18-9-10-23(19(24)25-20(4,5)6)12-17(18)16-8-7-15(21)11-14(16)3/h7-8,11,13,17-18,22H,9-10,12H2,1-6H3/t17-,18+/m1/s1. The number of aryl methyl sites for hydroxylation is 1. The number of hydrogen-bond donors (Lipinski definition) is 1. The van der Waals surface area contributed by atoms with Gasteiger partial charge in [0.15, 0.2) is 0 Å². The third-order valence-electron chi connectivity index (χ3n) is 4.44. The summed E-state index contributed by atoms with van der Waals surface area (Å²) in [6, 6.07) is 5.52. The average molecular weight is 350 g/mol. The van der Waals surface area contributed by atoms with Gasteiger partial charge in [0, 0.05) is 31.1 Å². The van der Waals surface area contributed by atoms with Gasteiger partial charge in [0.2, 0.25) is 0 Å². The van der Waals surface area contributed by atoms with E-state index < -0.39 is 5.60 Å². The highest BCUT2D eigenvalue weighted by atomic mass is 19.1. The molecule has 0 radical (unpaired) electrons. The lowest BCUT2D eigenvalue weighted by molar-refractivity contribution is 0.0173. The Hall–Kier alpha value is -1.62. The third-order valence-corrected chi connectivity index (χ3v) is 4.44. The van der Waals surface area contributed by atoms with Gasteiger partial charge in [-0.3, -0.25) is 0 Å². The molecule has 2 rings (SSSR count). The molecule has 0 unspecified atom stereocenters. The second-order valence-electron chi connectivity index (χ2n) is 8.25. The number of piperidine rings is 1. The first-order valence-electron chi connectivity index (χ1n) is 9.07. The monoisotopic (exact) mass is 350 g/mol. The summed E-state index contributed by atoms with van der Waals surface area (Å²) in [5.41, 5.74) is 1.50. The van der Waals surface area contributed by atoms with E-state index in [1.807, 2.05) is 33.8 Å². The van der Waals surface area contributed by atoms with Crippen molar-refractivity contribution in [3.8, 4) is 0 Å². The number of rotatable bonds is 3. The van der Waals surface area contributed by atoms with E-state index in [9.17, 15) is 9.18 Å². The maximum Gasteiger partial charge on any atom is 0.410 e.